The predicted molar refractivity (Wildman–Crippen MR) is 111 cm³/mol. The molecule has 0 spiro atoms. The number of methoxy groups -OCH3 is 2. The predicted octanol–water partition coefficient (Wildman–Crippen LogP) is 2.45. The lowest BCUT2D eigenvalue weighted by Crippen LogP contribution is -2.34. The molecule has 2 aromatic carbocycles. The van der Waals surface area contributed by atoms with Gasteiger partial charge < -0.3 is 19.7 Å². The molecule has 2 aromatic rings. The largest absolute Gasteiger partial charge is 0.496 e. The second kappa shape index (κ2) is 9.96. The molecule has 1 heterocycles. The molecule has 1 unspecified atom stereocenters. The summed E-state index contributed by atoms with van der Waals surface area (Å²) in [7, 11) is 3.28. The van der Waals surface area contributed by atoms with Crippen LogP contribution >= 0.6 is 0 Å². The minimum Gasteiger partial charge on any atom is -0.496 e. The van der Waals surface area contributed by atoms with Gasteiger partial charge in [0.15, 0.2) is 0 Å². The van der Waals surface area contributed by atoms with Gasteiger partial charge in [0, 0.05) is 26.1 Å². The summed E-state index contributed by atoms with van der Waals surface area (Å²) in [4.78, 5) is 26.6. The Morgan fingerprint density at radius 3 is 2.21 bits per heavy atom. The highest BCUT2D eigenvalue weighted by Gasteiger charge is 2.33. The van der Waals surface area contributed by atoms with E-state index in [-0.39, 0.29) is 24.2 Å². The highest BCUT2D eigenvalue weighted by molar-refractivity contribution is 5.89. The number of likely N-dealkylation sites (tertiary alicyclic amines) is 1. The van der Waals surface area contributed by atoms with Gasteiger partial charge in [-0.3, -0.25) is 9.59 Å². The number of amides is 2. The number of ether oxygens (including phenoxy) is 2. The van der Waals surface area contributed by atoms with Gasteiger partial charge in [-0.1, -0.05) is 36.4 Å². The summed E-state index contributed by atoms with van der Waals surface area (Å²) in [5, 5.41) is 2.96. The molecule has 6 heteroatoms. The second-order valence-corrected chi connectivity index (χ2v) is 7.16. The summed E-state index contributed by atoms with van der Waals surface area (Å²) >= 11 is 0. The summed E-state index contributed by atoms with van der Waals surface area (Å²) < 4.78 is 10.7. The van der Waals surface area contributed by atoms with Crippen LogP contribution in [0.3, 0.4) is 0 Å². The molecular formula is C23H28N2O4. The minimum absolute atomic E-state index is 0.0322. The van der Waals surface area contributed by atoms with Gasteiger partial charge in [-0.05, 0) is 36.1 Å². The Balaban J connectivity index is 1.47. The van der Waals surface area contributed by atoms with E-state index in [1.165, 1.54) is 0 Å². The Morgan fingerprint density at radius 1 is 1.00 bits per heavy atom. The summed E-state index contributed by atoms with van der Waals surface area (Å²) in [6.07, 6.45) is 1.66. The topological polar surface area (TPSA) is 67.9 Å². The maximum absolute atomic E-state index is 12.5. The third-order valence-corrected chi connectivity index (χ3v) is 5.31. The first-order chi connectivity index (χ1) is 14.1. The van der Waals surface area contributed by atoms with Gasteiger partial charge >= 0.3 is 0 Å². The van der Waals surface area contributed by atoms with Gasteiger partial charge in [0.25, 0.3) is 0 Å². The second-order valence-electron chi connectivity index (χ2n) is 7.16. The van der Waals surface area contributed by atoms with E-state index in [1.807, 2.05) is 48.5 Å². The number of carbonyl (C=O) groups excluding carboxylic acids is 2. The fourth-order valence-electron chi connectivity index (χ4n) is 3.70. The fraction of sp³-hybridized carbons (Fsp3) is 0.391. The van der Waals surface area contributed by atoms with Crippen LogP contribution in [0.5, 0.6) is 11.5 Å². The highest BCUT2D eigenvalue weighted by atomic mass is 16.5. The number of nitrogens with one attached hydrogen (secondary N) is 1. The average Bonchev–Trinajstić information content (AvgIpc) is 3.13. The van der Waals surface area contributed by atoms with Crippen LogP contribution in [0.15, 0.2) is 48.5 Å². The van der Waals surface area contributed by atoms with Gasteiger partial charge in [0.05, 0.1) is 20.1 Å². The molecule has 0 aromatic heterocycles. The Labute approximate surface area is 171 Å². The van der Waals surface area contributed by atoms with E-state index < -0.39 is 0 Å². The summed E-state index contributed by atoms with van der Waals surface area (Å²) in [6.45, 7) is 1.57. The van der Waals surface area contributed by atoms with Crippen LogP contribution in [-0.4, -0.2) is 50.6 Å². The Hall–Kier alpha value is -3.02. The first-order valence-corrected chi connectivity index (χ1v) is 9.91. The van der Waals surface area contributed by atoms with Crippen molar-refractivity contribution >= 4 is 11.8 Å². The molecule has 1 aliphatic heterocycles. The molecule has 29 heavy (non-hydrogen) atoms. The molecule has 6 nitrogen and oxygen atoms in total. The summed E-state index contributed by atoms with van der Waals surface area (Å²) in [6, 6.07) is 15.6. The van der Waals surface area contributed by atoms with Gasteiger partial charge in [0.2, 0.25) is 11.8 Å². The van der Waals surface area contributed by atoms with E-state index in [1.54, 1.807) is 19.1 Å². The van der Waals surface area contributed by atoms with Gasteiger partial charge in [0.1, 0.15) is 11.5 Å². The molecule has 1 aliphatic rings. The Kier molecular flexibility index (Phi) is 7.11. The van der Waals surface area contributed by atoms with Crippen LogP contribution in [0.1, 0.15) is 17.5 Å². The molecule has 0 aliphatic carbocycles. The van der Waals surface area contributed by atoms with E-state index in [2.05, 4.69) is 5.32 Å². The average molecular weight is 396 g/mol. The van der Waals surface area contributed by atoms with Crippen LogP contribution in [0, 0.1) is 5.92 Å². The molecule has 3 rings (SSSR count). The van der Waals surface area contributed by atoms with Crippen LogP contribution in [0.4, 0.5) is 0 Å². The zero-order valence-corrected chi connectivity index (χ0v) is 17.0. The highest BCUT2D eigenvalue weighted by Crippen LogP contribution is 2.22. The lowest BCUT2D eigenvalue weighted by molar-refractivity contribution is -0.129. The van der Waals surface area contributed by atoms with Crippen molar-refractivity contribution in [2.75, 3.05) is 33.9 Å². The molecular weight excluding hydrogens is 368 g/mol. The fourth-order valence-corrected chi connectivity index (χ4v) is 3.70. The van der Waals surface area contributed by atoms with E-state index in [9.17, 15) is 9.59 Å². The zero-order chi connectivity index (χ0) is 20.6. The number of hydrogen-bond acceptors (Lipinski definition) is 4. The monoisotopic (exact) mass is 396 g/mol. The van der Waals surface area contributed by atoms with Crippen molar-refractivity contribution < 1.29 is 19.1 Å². The van der Waals surface area contributed by atoms with Crippen molar-refractivity contribution in [3.05, 3.63) is 59.7 Å². The molecule has 154 valence electrons. The number of nitrogens with zero attached hydrogens (tertiary/aromatic N) is 1. The molecule has 1 N–H and O–H groups in total. The van der Waals surface area contributed by atoms with E-state index in [4.69, 9.17) is 9.47 Å². The molecule has 1 saturated heterocycles. The van der Waals surface area contributed by atoms with Crippen LogP contribution in [0.25, 0.3) is 0 Å². The SMILES string of the molecule is COc1ccccc1CCNC(=O)C1CC(=O)N(CCc2ccccc2OC)C1. The molecule has 2 amide bonds. The number of para-hydroxylation sites is 2. The van der Waals surface area contributed by atoms with Crippen LogP contribution in [-0.2, 0) is 22.4 Å². The lowest BCUT2D eigenvalue weighted by atomic mass is 10.1. The van der Waals surface area contributed by atoms with Gasteiger partial charge in [-0.15, -0.1) is 0 Å². The molecule has 0 bridgehead atoms. The smallest absolute Gasteiger partial charge is 0.225 e. The molecule has 1 atom stereocenters. The van der Waals surface area contributed by atoms with Crippen LogP contribution in [0.2, 0.25) is 0 Å². The first-order valence-electron chi connectivity index (χ1n) is 9.91. The standard InChI is InChI=1S/C23H28N2O4/c1-28-20-9-5-3-7-17(20)11-13-24-23(27)19-15-22(26)25(16-19)14-12-18-8-4-6-10-21(18)29-2/h3-10,19H,11-16H2,1-2H3,(H,24,27). The number of benzene rings is 2. The molecule has 1 fully saturated rings. The van der Waals surface area contributed by atoms with Crippen molar-refractivity contribution in [1.29, 1.82) is 0 Å². The Morgan fingerprint density at radius 2 is 1.59 bits per heavy atom. The minimum atomic E-state index is -0.294. The number of rotatable bonds is 9. The molecule has 0 saturated carbocycles. The van der Waals surface area contributed by atoms with Crippen molar-refractivity contribution in [2.24, 2.45) is 5.92 Å². The third-order valence-electron chi connectivity index (χ3n) is 5.31. The number of carbonyl (C=O) groups is 2. The van der Waals surface area contributed by atoms with E-state index in [0.717, 1.165) is 22.6 Å². The summed E-state index contributed by atoms with van der Waals surface area (Å²) in [5.41, 5.74) is 2.11. The maximum atomic E-state index is 12.5. The maximum Gasteiger partial charge on any atom is 0.225 e. The quantitative estimate of drug-likeness (QED) is 0.707. The van der Waals surface area contributed by atoms with Crippen molar-refractivity contribution in [3.8, 4) is 11.5 Å². The van der Waals surface area contributed by atoms with Gasteiger partial charge in [-0.25, -0.2) is 0 Å². The van der Waals surface area contributed by atoms with E-state index >= 15 is 0 Å². The molecule has 0 radical (unpaired) electrons. The Bertz CT molecular complexity index is 852. The van der Waals surface area contributed by atoms with Crippen LogP contribution < -0.4 is 14.8 Å². The lowest BCUT2D eigenvalue weighted by Gasteiger charge is -2.17. The van der Waals surface area contributed by atoms with Crippen molar-refractivity contribution in [1.82, 2.24) is 10.2 Å². The van der Waals surface area contributed by atoms with Crippen molar-refractivity contribution in [3.63, 3.8) is 0 Å². The van der Waals surface area contributed by atoms with Gasteiger partial charge in [-0.2, -0.15) is 0 Å². The summed E-state index contributed by atoms with van der Waals surface area (Å²) in [5.74, 6) is 1.32. The van der Waals surface area contributed by atoms with Crippen molar-refractivity contribution in [2.45, 2.75) is 19.3 Å². The van der Waals surface area contributed by atoms with E-state index in [0.29, 0.717) is 32.5 Å². The first kappa shape index (κ1) is 20.7. The number of hydrogen-bond donors (Lipinski definition) is 1. The third kappa shape index (κ3) is 5.28. The zero-order valence-electron chi connectivity index (χ0n) is 17.0. The normalized spacial score (nSPS) is 16.0.